The molecule has 0 aliphatic carbocycles. The van der Waals surface area contributed by atoms with Crippen LogP contribution in [0.15, 0.2) is 53.4 Å². The molecule has 3 N–H and O–H groups in total. The zero-order chi connectivity index (χ0) is 13.5. The molecular weight excluding hydrogens is 258 g/mol. The van der Waals surface area contributed by atoms with Crippen LogP contribution in [0.5, 0.6) is 11.5 Å². The van der Waals surface area contributed by atoms with Gasteiger partial charge in [-0.05, 0) is 48.6 Å². The van der Waals surface area contributed by atoms with Crippen LogP contribution in [0.1, 0.15) is 12.0 Å². The SMILES string of the molecule is Oc1ccc(SNCCCc2ccccc2)cc1O. The second-order valence-electron chi connectivity index (χ2n) is 4.24. The summed E-state index contributed by atoms with van der Waals surface area (Å²) in [5.74, 6) is -0.176. The second kappa shape index (κ2) is 7.07. The van der Waals surface area contributed by atoms with E-state index in [1.165, 1.54) is 23.6 Å². The number of aromatic hydroxyl groups is 2. The number of nitrogens with one attached hydrogen (secondary N) is 1. The molecule has 0 saturated heterocycles. The Kier molecular flexibility index (Phi) is 5.12. The Hall–Kier alpha value is -1.65. The van der Waals surface area contributed by atoms with E-state index in [4.69, 9.17) is 0 Å². The van der Waals surface area contributed by atoms with Crippen molar-refractivity contribution in [3.8, 4) is 11.5 Å². The maximum Gasteiger partial charge on any atom is 0.158 e. The summed E-state index contributed by atoms with van der Waals surface area (Å²) in [6, 6.07) is 15.2. The van der Waals surface area contributed by atoms with Gasteiger partial charge in [0.05, 0.1) is 0 Å². The van der Waals surface area contributed by atoms with Crippen LogP contribution < -0.4 is 4.72 Å². The zero-order valence-corrected chi connectivity index (χ0v) is 11.4. The third-order valence-electron chi connectivity index (χ3n) is 2.72. The Labute approximate surface area is 117 Å². The first-order valence-electron chi connectivity index (χ1n) is 6.21. The smallest absolute Gasteiger partial charge is 0.158 e. The van der Waals surface area contributed by atoms with Gasteiger partial charge in [0.15, 0.2) is 11.5 Å². The van der Waals surface area contributed by atoms with Crippen LogP contribution in [0.3, 0.4) is 0 Å². The monoisotopic (exact) mass is 275 g/mol. The first kappa shape index (κ1) is 13.8. The summed E-state index contributed by atoms with van der Waals surface area (Å²) in [6.07, 6.45) is 2.11. The fourth-order valence-electron chi connectivity index (χ4n) is 1.71. The van der Waals surface area contributed by atoms with E-state index >= 15 is 0 Å². The minimum atomic E-state index is -0.0894. The van der Waals surface area contributed by atoms with E-state index < -0.39 is 0 Å². The number of rotatable bonds is 6. The average Bonchev–Trinajstić information content (AvgIpc) is 2.43. The van der Waals surface area contributed by atoms with Gasteiger partial charge in [-0.3, -0.25) is 4.72 Å². The Morgan fingerprint density at radius 2 is 1.74 bits per heavy atom. The molecule has 0 amide bonds. The molecule has 0 spiro atoms. The molecule has 0 aromatic heterocycles. The van der Waals surface area contributed by atoms with Gasteiger partial charge in [-0.15, -0.1) is 0 Å². The molecule has 0 aliphatic rings. The van der Waals surface area contributed by atoms with Crippen LogP contribution in [-0.4, -0.2) is 16.8 Å². The molecule has 0 aliphatic heterocycles. The van der Waals surface area contributed by atoms with Crippen LogP contribution >= 0.6 is 11.9 Å². The van der Waals surface area contributed by atoms with E-state index in [2.05, 4.69) is 29.0 Å². The molecule has 0 fully saturated rings. The molecular formula is C15H17NO2S. The first-order valence-corrected chi connectivity index (χ1v) is 7.03. The van der Waals surface area contributed by atoms with Gasteiger partial charge in [0, 0.05) is 11.4 Å². The fourth-order valence-corrected chi connectivity index (χ4v) is 2.43. The van der Waals surface area contributed by atoms with Crippen LogP contribution in [0, 0.1) is 0 Å². The molecule has 4 heteroatoms. The van der Waals surface area contributed by atoms with Gasteiger partial charge >= 0.3 is 0 Å². The lowest BCUT2D eigenvalue weighted by Gasteiger charge is -2.05. The van der Waals surface area contributed by atoms with Gasteiger partial charge < -0.3 is 10.2 Å². The zero-order valence-electron chi connectivity index (χ0n) is 10.5. The van der Waals surface area contributed by atoms with Crippen molar-refractivity contribution in [3.63, 3.8) is 0 Å². The van der Waals surface area contributed by atoms with Crippen molar-refractivity contribution in [2.75, 3.05) is 6.54 Å². The molecule has 3 nitrogen and oxygen atoms in total. The van der Waals surface area contributed by atoms with Crippen molar-refractivity contribution in [3.05, 3.63) is 54.1 Å². The number of hydrogen-bond acceptors (Lipinski definition) is 4. The molecule has 19 heavy (non-hydrogen) atoms. The largest absolute Gasteiger partial charge is 0.504 e. The molecule has 0 saturated carbocycles. The van der Waals surface area contributed by atoms with Crippen molar-refractivity contribution < 1.29 is 10.2 Å². The normalized spacial score (nSPS) is 10.5. The second-order valence-corrected chi connectivity index (χ2v) is 5.20. The third-order valence-corrected chi connectivity index (χ3v) is 3.56. The van der Waals surface area contributed by atoms with Gasteiger partial charge in [0.2, 0.25) is 0 Å². The van der Waals surface area contributed by atoms with Crippen molar-refractivity contribution in [1.82, 2.24) is 4.72 Å². The highest BCUT2D eigenvalue weighted by Crippen LogP contribution is 2.28. The number of phenols is 2. The van der Waals surface area contributed by atoms with E-state index in [9.17, 15) is 10.2 Å². The summed E-state index contributed by atoms with van der Waals surface area (Å²) in [6.45, 7) is 0.890. The summed E-state index contributed by atoms with van der Waals surface area (Å²) < 4.78 is 3.24. The van der Waals surface area contributed by atoms with E-state index in [0.717, 1.165) is 24.3 Å². The highest BCUT2D eigenvalue weighted by Gasteiger charge is 2.00. The summed E-state index contributed by atoms with van der Waals surface area (Å²) >= 11 is 1.46. The molecule has 0 bridgehead atoms. The number of phenolic OH excluding ortho intramolecular Hbond substituents is 2. The molecule has 2 aromatic rings. The minimum Gasteiger partial charge on any atom is -0.504 e. The van der Waals surface area contributed by atoms with Gasteiger partial charge in [0.1, 0.15) is 0 Å². The van der Waals surface area contributed by atoms with Crippen LogP contribution in [0.4, 0.5) is 0 Å². The van der Waals surface area contributed by atoms with Crippen molar-refractivity contribution in [2.45, 2.75) is 17.7 Å². The van der Waals surface area contributed by atoms with E-state index in [1.54, 1.807) is 12.1 Å². The molecule has 2 rings (SSSR count). The van der Waals surface area contributed by atoms with Gasteiger partial charge in [-0.2, -0.15) is 0 Å². The Morgan fingerprint density at radius 3 is 2.47 bits per heavy atom. The number of benzene rings is 2. The third kappa shape index (κ3) is 4.50. The molecule has 0 unspecified atom stereocenters. The van der Waals surface area contributed by atoms with E-state index in [1.807, 2.05) is 6.07 Å². The summed E-state index contributed by atoms with van der Waals surface area (Å²) in [5.41, 5.74) is 1.34. The van der Waals surface area contributed by atoms with E-state index in [-0.39, 0.29) is 11.5 Å². The minimum absolute atomic E-state index is 0.0870. The summed E-state index contributed by atoms with van der Waals surface area (Å²) in [5, 5.41) is 18.6. The molecule has 0 atom stereocenters. The number of hydrogen-bond donors (Lipinski definition) is 3. The summed E-state index contributed by atoms with van der Waals surface area (Å²) in [7, 11) is 0. The molecule has 0 heterocycles. The van der Waals surface area contributed by atoms with Crippen LogP contribution in [-0.2, 0) is 6.42 Å². The Balaban J connectivity index is 1.68. The lowest BCUT2D eigenvalue weighted by atomic mass is 10.1. The maximum atomic E-state index is 9.36. The van der Waals surface area contributed by atoms with Gasteiger partial charge in [0.25, 0.3) is 0 Å². The predicted molar refractivity (Wildman–Crippen MR) is 78.4 cm³/mol. The highest BCUT2D eigenvalue weighted by atomic mass is 32.2. The van der Waals surface area contributed by atoms with E-state index in [0.29, 0.717) is 0 Å². The maximum absolute atomic E-state index is 9.36. The Morgan fingerprint density at radius 1 is 0.947 bits per heavy atom. The molecule has 2 aromatic carbocycles. The molecule has 0 radical (unpaired) electrons. The van der Waals surface area contributed by atoms with Crippen LogP contribution in [0.2, 0.25) is 0 Å². The van der Waals surface area contributed by atoms with Crippen molar-refractivity contribution >= 4 is 11.9 Å². The Bertz CT molecular complexity index is 517. The van der Waals surface area contributed by atoms with Gasteiger partial charge in [-0.1, -0.05) is 30.3 Å². The lowest BCUT2D eigenvalue weighted by molar-refractivity contribution is 0.402. The topological polar surface area (TPSA) is 52.5 Å². The predicted octanol–water partition coefficient (Wildman–Crippen LogP) is 3.33. The number of aryl methyl sites for hydroxylation is 1. The average molecular weight is 275 g/mol. The quantitative estimate of drug-likeness (QED) is 0.430. The van der Waals surface area contributed by atoms with Crippen molar-refractivity contribution in [1.29, 1.82) is 0 Å². The summed E-state index contributed by atoms with van der Waals surface area (Å²) in [4.78, 5) is 0.884. The van der Waals surface area contributed by atoms with Crippen molar-refractivity contribution in [2.24, 2.45) is 0 Å². The fraction of sp³-hybridized carbons (Fsp3) is 0.200. The lowest BCUT2D eigenvalue weighted by Crippen LogP contribution is -2.06. The molecule has 100 valence electrons. The highest BCUT2D eigenvalue weighted by molar-refractivity contribution is 7.97. The standard InChI is InChI=1S/C15H17NO2S/c17-14-9-8-13(11-15(14)18)19-16-10-4-7-12-5-2-1-3-6-12/h1-3,5-6,8-9,11,16-18H,4,7,10H2. The van der Waals surface area contributed by atoms with Crippen LogP contribution in [0.25, 0.3) is 0 Å². The first-order chi connectivity index (χ1) is 9.25. The van der Waals surface area contributed by atoms with Gasteiger partial charge in [-0.25, -0.2) is 0 Å².